The Morgan fingerprint density at radius 1 is 1.10 bits per heavy atom. The highest BCUT2D eigenvalue weighted by molar-refractivity contribution is 5.97. The van der Waals surface area contributed by atoms with Crippen LogP contribution in [0.5, 0.6) is 0 Å². The third-order valence-electron chi connectivity index (χ3n) is 5.19. The molecule has 1 N–H and O–H groups in total. The largest absolute Gasteiger partial charge is 0.342 e. The first kappa shape index (κ1) is 13.9. The Hall–Kier alpha value is -1.06. The van der Waals surface area contributed by atoms with Crippen molar-refractivity contribution >= 4 is 11.8 Å². The average Bonchev–Trinajstić information content (AvgIpc) is 3.28. The Bertz CT molecular complexity index is 386. The number of hydrogen-bond acceptors (Lipinski definition) is 2. The van der Waals surface area contributed by atoms with Gasteiger partial charge in [0.1, 0.15) is 12.1 Å². The molecule has 1 saturated heterocycles. The van der Waals surface area contributed by atoms with Crippen LogP contribution in [0.25, 0.3) is 0 Å². The van der Waals surface area contributed by atoms with Gasteiger partial charge in [0.05, 0.1) is 0 Å². The number of nitrogens with zero attached hydrogens (tertiary/aromatic N) is 1. The first-order valence-electron chi connectivity index (χ1n) is 8.31. The van der Waals surface area contributed by atoms with Gasteiger partial charge >= 0.3 is 0 Å². The summed E-state index contributed by atoms with van der Waals surface area (Å²) in [5.74, 6) is 1.27. The van der Waals surface area contributed by atoms with E-state index in [-0.39, 0.29) is 23.9 Å². The van der Waals surface area contributed by atoms with Crippen LogP contribution in [0.3, 0.4) is 0 Å². The van der Waals surface area contributed by atoms with E-state index >= 15 is 0 Å². The fourth-order valence-electron chi connectivity index (χ4n) is 3.77. The standard InChI is InChI=1S/C16H26N2O2/c1-2-13-15(19)17-14(12-6-4-3-5-7-12)16(20)18(13)10-11-8-9-11/h11-14H,2-10H2,1H3,(H,17,19). The molecule has 3 aliphatic rings. The summed E-state index contributed by atoms with van der Waals surface area (Å²) in [7, 11) is 0. The molecule has 3 fully saturated rings. The summed E-state index contributed by atoms with van der Waals surface area (Å²) in [5.41, 5.74) is 0. The number of amides is 2. The van der Waals surface area contributed by atoms with Gasteiger partial charge < -0.3 is 10.2 Å². The monoisotopic (exact) mass is 278 g/mol. The Morgan fingerprint density at radius 3 is 2.40 bits per heavy atom. The highest BCUT2D eigenvalue weighted by atomic mass is 16.2. The van der Waals surface area contributed by atoms with Crippen LogP contribution in [0, 0.1) is 11.8 Å². The molecule has 2 saturated carbocycles. The van der Waals surface area contributed by atoms with Crippen molar-refractivity contribution in [2.45, 2.75) is 70.4 Å². The minimum atomic E-state index is -0.246. The van der Waals surface area contributed by atoms with Gasteiger partial charge in [0, 0.05) is 6.54 Å². The molecule has 2 atom stereocenters. The fourth-order valence-corrected chi connectivity index (χ4v) is 3.77. The molecular weight excluding hydrogens is 252 g/mol. The summed E-state index contributed by atoms with van der Waals surface area (Å²) >= 11 is 0. The van der Waals surface area contributed by atoms with Crippen molar-refractivity contribution in [1.82, 2.24) is 10.2 Å². The molecule has 1 heterocycles. The SMILES string of the molecule is CCC1C(=O)NC(C2CCCCC2)C(=O)N1CC1CC1. The maximum absolute atomic E-state index is 12.8. The minimum Gasteiger partial charge on any atom is -0.342 e. The van der Waals surface area contributed by atoms with Crippen LogP contribution < -0.4 is 5.32 Å². The topological polar surface area (TPSA) is 49.4 Å². The number of hydrogen-bond donors (Lipinski definition) is 1. The van der Waals surface area contributed by atoms with Gasteiger partial charge in [0.25, 0.3) is 0 Å². The van der Waals surface area contributed by atoms with Crippen LogP contribution in [0.4, 0.5) is 0 Å². The van der Waals surface area contributed by atoms with Gasteiger partial charge in [-0.05, 0) is 43.9 Å². The van der Waals surface area contributed by atoms with Crippen molar-refractivity contribution in [3.05, 3.63) is 0 Å². The lowest BCUT2D eigenvalue weighted by atomic mass is 9.82. The minimum absolute atomic E-state index is 0.0725. The van der Waals surface area contributed by atoms with Gasteiger partial charge in [-0.3, -0.25) is 9.59 Å². The van der Waals surface area contributed by atoms with E-state index in [1.54, 1.807) is 0 Å². The van der Waals surface area contributed by atoms with E-state index in [0.717, 1.165) is 25.8 Å². The van der Waals surface area contributed by atoms with Gasteiger partial charge in [0.2, 0.25) is 11.8 Å². The van der Waals surface area contributed by atoms with E-state index in [4.69, 9.17) is 0 Å². The van der Waals surface area contributed by atoms with E-state index in [1.807, 2.05) is 11.8 Å². The lowest BCUT2D eigenvalue weighted by molar-refractivity contribution is -0.151. The van der Waals surface area contributed by atoms with Crippen molar-refractivity contribution in [3.8, 4) is 0 Å². The quantitative estimate of drug-likeness (QED) is 0.856. The number of nitrogens with one attached hydrogen (secondary N) is 1. The number of carbonyl (C=O) groups excluding carboxylic acids is 2. The van der Waals surface area contributed by atoms with E-state index in [2.05, 4.69) is 5.32 Å². The molecule has 0 aromatic rings. The number of rotatable bonds is 4. The second-order valence-corrected chi connectivity index (χ2v) is 6.74. The predicted molar refractivity (Wildman–Crippen MR) is 77.0 cm³/mol. The molecule has 4 nitrogen and oxygen atoms in total. The summed E-state index contributed by atoms with van der Waals surface area (Å²) in [5, 5.41) is 3.03. The third-order valence-corrected chi connectivity index (χ3v) is 5.19. The first-order valence-corrected chi connectivity index (χ1v) is 8.31. The van der Waals surface area contributed by atoms with Gasteiger partial charge in [0.15, 0.2) is 0 Å². The molecule has 2 aliphatic carbocycles. The molecule has 2 amide bonds. The smallest absolute Gasteiger partial charge is 0.246 e. The summed E-state index contributed by atoms with van der Waals surface area (Å²) in [6.45, 7) is 2.80. The molecular formula is C16H26N2O2. The fraction of sp³-hybridized carbons (Fsp3) is 0.875. The van der Waals surface area contributed by atoms with Crippen molar-refractivity contribution in [2.24, 2.45) is 11.8 Å². The van der Waals surface area contributed by atoms with Crippen LogP contribution in [0.15, 0.2) is 0 Å². The summed E-state index contributed by atoms with van der Waals surface area (Å²) in [4.78, 5) is 27.0. The maximum Gasteiger partial charge on any atom is 0.246 e. The van der Waals surface area contributed by atoms with Gasteiger partial charge in [-0.25, -0.2) is 0 Å². The molecule has 0 bridgehead atoms. The second kappa shape index (κ2) is 5.74. The Balaban J connectivity index is 1.74. The zero-order chi connectivity index (χ0) is 14.1. The normalized spacial score (nSPS) is 32.4. The lowest BCUT2D eigenvalue weighted by Gasteiger charge is -2.42. The predicted octanol–water partition coefficient (Wildman–Crippen LogP) is 2.08. The molecule has 0 spiro atoms. The summed E-state index contributed by atoms with van der Waals surface area (Å²) < 4.78 is 0. The second-order valence-electron chi connectivity index (χ2n) is 6.74. The highest BCUT2D eigenvalue weighted by Crippen LogP contribution is 2.34. The number of carbonyl (C=O) groups is 2. The summed E-state index contributed by atoms with van der Waals surface area (Å²) in [6.07, 6.45) is 9.01. The van der Waals surface area contributed by atoms with Crippen molar-refractivity contribution in [3.63, 3.8) is 0 Å². The molecule has 20 heavy (non-hydrogen) atoms. The molecule has 0 aromatic heterocycles. The van der Waals surface area contributed by atoms with Crippen LogP contribution in [0.2, 0.25) is 0 Å². The first-order chi connectivity index (χ1) is 9.70. The lowest BCUT2D eigenvalue weighted by Crippen LogP contribution is -2.65. The Labute approximate surface area is 121 Å². The number of piperazine rings is 1. The molecule has 4 heteroatoms. The van der Waals surface area contributed by atoms with Gasteiger partial charge in [-0.1, -0.05) is 26.2 Å². The van der Waals surface area contributed by atoms with E-state index < -0.39 is 0 Å². The molecule has 3 rings (SSSR count). The van der Waals surface area contributed by atoms with Crippen LogP contribution in [-0.2, 0) is 9.59 Å². The highest BCUT2D eigenvalue weighted by Gasteiger charge is 2.44. The molecule has 0 radical (unpaired) electrons. The van der Waals surface area contributed by atoms with Crippen LogP contribution in [0.1, 0.15) is 58.3 Å². The summed E-state index contributed by atoms with van der Waals surface area (Å²) in [6, 6.07) is -0.479. The third kappa shape index (κ3) is 2.70. The Kier molecular flexibility index (Phi) is 3.99. The van der Waals surface area contributed by atoms with Gasteiger partial charge in [-0.15, -0.1) is 0 Å². The molecule has 112 valence electrons. The average molecular weight is 278 g/mol. The zero-order valence-electron chi connectivity index (χ0n) is 12.4. The van der Waals surface area contributed by atoms with Crippen molar-refractivity contribution in [2.75, 3.05) is 6.54 Å². The molecule has 0 aromatic carbocycles. The van der Waals surface area contributed by atoms with E-state index in [9.17, 15) is 9.59 Å². The van der Waals surface area contributed by atoms with E-state index in [1.165, 1.54) is 32.1 Å². The Morgan fingerprint density at radius 2 is 1.80 bits per heavy atom. The molecule has 1 aliphatic heterocycles. The van der Waals surface area contributed by atoms with Gasteiger partial charge in [-0.2, -0.15) is 0 Å². The van der Waals surface area contributed by atoms with Crippen LogP contribution in [-0.4, -0.2) is 35.3 Å². The van der Waals surface area contributed by atoms with Crippen molar-refractivity contribution < 1.29 is 9.59 Å². The molecule has 2 unspecified atom stereocenters. The van der Waals surface area contributed by atoms with E-state index in [0.29, 0.717) is 11.8 Å². The van der Waals surface area contributed by atoms with Crippen LogP contribution >= 0.6 is 0 Å². The zero-order valence-corrected chi connectivity index (χ0v) is 12.4. The van der Waals surface area contributed by atoms with Crippen molar-refractivity contribution in [1.29, 1.82) is 0 Å². The maximum atomic E-state index is 12.8.